The number of amides is 1. The minimum atomic E-state index is -0.585. The van der Waals surface area contributed by atoms with Crippen LogP contribution in [0.3, 0.4) is 0 Å². The van der Waals surface area contributed by atoms with E-state index in [1.807, 2.05) is 0 Å². The third-order valence-electron chi connectivity index (χ3n) is 4.11. The topological polar surface area (TPSA) is 146 Å². The Hall–Kier alpha value is -3.80. The van der Waals surface area contributed by atoms with Gasteiger partial charge >= 0.3 is 5.69 Å². The van der Waals surface area contributed by atoms with E-state index in [1.165, 1.54) is 54.0 Å². The zero-order valence-corrected chi connectivity index (χ0v) is 16.0. The fraction of sp³-hybridized carbons (Fsp3) is 0.188. The molecule has 3 rings (SSSR count). The largest absolute Gasteiger partial charge is 0.332 e. The molecule has 0 aliphatic carbocycles. The van der Waals surface area contributed by atoms with E-state index in [0.717, 1.165) is 4.57 Å². The predicted molar refractivity (Wildman–Crippen MR) is 104 cm³/mol. The van der Waals surface area contributed by atoms with Gasteiger partial charge in [-0.3, -0.25) is 28.8 Å². The quantitative estimate of drug-likeness (QED) is 0.353. The molecule has 1 amide bonds. The number of carbonyl (C=O) groups is 1. The number of fused-ring (bicyclic) bond motifs is 1. The number of carbonyl (C=O) groups excluding carboxylic acids is 1. The molecule has 1 aromatic carbocycles. The second-order valence-electron chi connectivity index (χ2n) is 6.01. The first-order chi connectivity index (χ1) is 13.7. The molecule has 0 radical (unpaired) electrons. The van der Waals surface area contributed by atoms with Gasteiger partial charge in [0.15, 0.2) is 11.2 Å². The second-order valence-corrected chi connectivity index (χ2v) is 6.41. The van der Waals surface area contributed by atoms with E-state index in [1.54, 1.807) is 0 Å². The number of non-ortho nitro benzene ring substituents is 1. The van der Waals surface area contributed by atoms with Gasteiger partial charge in [-0.05, 0) is 6.07 Å². The van der Waals surface area contributed by atoms with Crippen molar-refractivity contribution in [3.05, 3.63) is 66.1 Å². The van der Waals surface area contributed by atoms with Crippen LogP contribution < -0.4 is 16.7 Å². The van der Waals surface area contributed by atoms with E-state index >= 15 is 0 Å². The van der Waals surface area contributed by atoms with Crippen LogP contribution in [0.1, 0.15) is 5.56 Å². The average Bonchev–Trinajstić information content (AvgIpc) is 3.09. The van der Waals surface area contributed by atoms with Crippen molar-refractivity contribution in [1.29, 1.82) is 0 Å². The first-order valence-corrected chi connectivity index (χ1v) is 8.45. The predicted octanol–water partition coefficient (Wildman–Crippen LogP) is 0.146. The zero-order chi connectivity index (χ0) is 21.3. The van der Waals surface area contributed by atoms with Crippen LogP contribution in [0, 0.1) is 10.1 Å². The molecule has 0 bridgehead atoms. The molecule has 2 aromatic heterocycles. The highest BCUT2D eigenvalue weighted by atomic mass is 35.5. The van der Waals surface area contributed by atoms with Crippen LogP contribution in [-0.4, -0.2) is 35.7 Å². The molecule has 1 N–H and O–H groups in total. The van der Waals surface area contributed by atoms with Crippen LogP contribution in [0.15, 0.2) is 39.2 Å². The minimum absolute atomic E-state index is 0.0930. The number of benzene rings is 1. The van der Waals surface area contributed by atoms with Crippen molar-refractivity contribution in [3.63, 3.8) is 0 Å². The second kappa shape index (κ2) is 7.67. The lowest BCUT2D eigenvalue weighted by Crippen LogP contribution is -2.38. The van der Waals surface area contributed by atoms with Crippen LogP contribution in [0.2, 0.25) is 5.02 Å². The van der Waals surface area contributed by atoms with E-state index in [0.29, 0.717) is 0 Å². The molecule has 2 heterocycles. The Bertz CT molecular complexity index is 1290. The molecular weight excluding hydrogens is 406 g/mol. The SMILES string of the molecule is Cn1c(=O)c2c(ncn2CC(=O)N/N=C\c2cc([N+](=O)[O-])ccc2Cl)n(C)c1=O. The molecule has 12 nitrogen and oxygen atoms in total. The van der Waals surface area contributed by atoms with Crippen molar-refractivity contribution in [1.82, 2.24) is 24.1 Å². The minimum Gasteiger partial charge on any atom is -0.315 e. The van der Waals surface area contributed by atoms with E-state index in [-0.39, 0.29) is 34.0 Å². The first kappa shape index (κ1) is 19.9. The Kier molecular flexibility index (Phi) is 5.28. The van der Waals surface area contributed by atoms with Crippen molar-refractivity contribution >= 4 is 40.6 Å². The Morgan fingerprint density at radius 3 is 2.76 bits per heavy atom. The van der Waals surface area contributed by atoms with Crippen molar-refractivity contribution in [2.24, 2.45) is 19.2 Å². The number of nitro groups is 1. The number of hydrogen-bond acceptors (Lipinski definition) is 7. The molecule has 0 saturated heterocycles. The van der Waals surface area contributed by atoms with Gasteiger partial charge in [0.05, 0.1) is 17.5 Å². The van der Waals surface area contributed by atoms with E-state index in [4.69, 9.17) is 11.6 Å². The van der Waals surface area contributed by atoms with Gasteiger partial charge in [0.1, 0.15) is 6.54 Å². The monoisotopic (exact) mass is 419 g/mol. The number of aryl methyl sites for hydroxylation is 1. The molecule has 0 atom stereocenters. The van der Waals surface area contributed by atoms with Gasteiger partial charge in [-0.15, -0.1) is 0 Å². The maximum Gasteiger partial charge on any atom is 0.332 e. The number of halogens is 1. The third-order valence-corrected chi connectivity index (χ3v) is 4.46. The molecular formula is C16H14ClN7O5. The molecule has 0 spiro atoms. The number of hydrazone groups is 1. The summed E-state index contributed by atoms with van der Waals surface area (Å²) >= 11 is 5.95. The highest BCUT2D eigenvalue weighted by molar-refractivity contribution is 6.33. The van der Waals surface area contributed by atoms with E-state index in [9.17, 15) is 24.5 Å². The molecule has 150 valence electrons. The molecule has 0 aliphatic heterocycles. The van der Waals surface area contributed by atoms with Gasteiger partial charge in [0.2, 0.25) is 0 Å². The normalized spacial score (nSPS) is 11.3. The van der Waals surface area contributed by atoms with E-state index < -0.39 is 22.1 Å². The van der Waals surface area contributed by atoms with Crippen LogP contribution in [0.4, 0.5) is 5.69 Å². The Morgan fingerprint density at radius 1 is 1.34 bits per heavy atom. The summed E-state index contributed by atoms with van der Waals surface area (Å²) in [5.41, 5.74) is 1.45. The summed E-state index contributed by atoms with van der Waals surface area (Å²) in [4.78, 5) is 50.7. The lowest BCUT2D eigenvalue weighted by molar-refractivity contribution is -0.384. The molecule has 0 fully saturated rings. The van der Waals surface area contributed by atoms with Crippen LogP contribution >= 0.6 is 11.6 Å². The summed E-state index contributed by atoms with van der Waals surface area (Å²) in [6, 6.07) is 3.81. The van der Waals surface area contributed by atoms with E-state index in [2.05, 4.69) is 15.5 Å². The lowest BCUT2D eigenvalue weighted by Gasteiger charge is -2.06. The van der Waals surface area contributed by atoms with Crippen molar-refractivity contribution < 1.29 is 9.72 Å². The number of hydrogen-bond donors (Lipinski definition) is 1. The summed E-state index contributed by atoms with van der Waals surface area (Å²) in [7, 11) is 2.79. The van der Waals surface area contributed by atoms with Crippen LogP contribution in [0.25, 0.3) is 11.2 Å². The van der Waals surface area contributed by atoms with Gasteiger partial charge in [-0.25, -0.2) is 15.2 Å². The Morgan fingerprint density at radius 2 is 2.07 bits per heavy atom. The molecule has 0 aliphatic rings. The van der Waals surface area contributed by atoms with Gasteiger partial charge in [0, 0.05) is 36.8 Å². The van der Waals surface area contributed by atoms with Gasteiger partial charge < -0.3 is 4.57 Å². The number of nitrogens with zero attached hydrogens (tertiary/aromatic N) is 6. The Labute approximate surface area is 166 Å². The summed E-state index contributed by atoms with van der Waals surface area (Å²) in [5.74, 6) is -0.585. The lowest BCUT2D eigenvalue weighted by atomic mass is 10.2. The maximum atomic E-state index is 12.3. The molecule has 3 aromatic rings. The fourth-order valence-corrected chi connectivity index (χ4v) is 2.79. The average molecular weight is 420 g/mol. The number of rotatable bonds is 5. The first-order valence-electron chi connectivity index (χ1n) is 8.07. The van der Waals surface area contributed by atoms with Crippen molar-refractivity contribution in [2.45, 2.75) is 6.54 Å². The number of aromatic nitrogens is 4. The van der Waals surface area contributed by atoms with Crippen molar-refractivity contribution in [2.75, 3.05) is 0 Å². The van der Waals surface area contributed by atoms with Crippen LogP contribution in [-0.2, 0) is 25.4 Å². The summed E-state index contributed by atoms with van der Waals surface area (Å²) in [5, 5.41) is 14.8. The van der Waals surface area contributed by atoms with Gasteiger partial charge in [-0.1, -0.05) is 11.6 Å². The number of nitrogens with one attached hydrogen (secondary N) is 1. The fourth-order valence-electron chi connectivity index (χ4n) is 2.62. The number of nitro benzene ring substituents is 1. The molecule has 0 saturated carbocycles. The molecule has 13 heteroatoms. The summed E-state index contributed by atoms with van der Waals surface area (Å²) in [6.07, 6.45) is 2.44. The third kappa shape index (κ3) is 3.78. The Balaban J connectivity index is 1.80. The molecule has 0 unspecified atom stereocenters. The maximum absolute atomic E-state index is 12.3. The number of imidazole rings is 1. The van der Waals surface area contributed by atoms with Gasteiger partial charge in [-0.2, -0.15) is 5.10 Å². The smallest absolute Gasteiger partial charge is 0.315 e. The summed E-state index contributed by atoms with van der Waals surface area (Å²) < 4.78 is 3.41. The van der Waals surface area contributed by atoms with Crippen LogP contribution in [0.5, 0.6) is 0 Å². The van der Waals surface area contributed by atoms with Gasteiger partial charge in [0.25, 0.3) is 17.2 Å². The standard InChI is InChI=1S/C16H14ClN7O5/c1-21-14-13(15(26)22(2)16(21)27)23(8-18-14)7-12(25)20-19-6-9-5-10(24(28)29)3-4-11(9)17/h3-6,8H,7H2,1-2H3,(H,20,25)/b19-6-. The zero-order valence-electron chi connectivity index (χ0n) is 15.2. The summed E-state index contributed by atoms with van der Waals surface area (Å²) in [6.45, 7) is -0.288. The highest BCUT2D eigenvalue weighted by Crippen LogP contribution is 2.20. The van der Waals surface area contributed by atoms with Crippen molar-refractivity contribution in [3.8, 4) is 0 Å². The molecule has 29 heavy (non-hydrogen) atoms. The highest BCUT2D eigenvalue weighted by Gasteiger charge is 2.15.